The molecule has 3 atom stereocenters. The predicted octanol–water partition coefficient (Wildman–Crippen LogP) is 8.59. The van der Waals surface area contributed by atoms with Crippen LogP contribution >= 0.6 is 21.6 Å². The van der Waals surface area contributed by atoms with Crippen LogP contribution < -0.4 is 0 Å². The first-order valence-corrected chi connectivity index (χ1v) is 14.4. The highest BCUT2D eigenvalue weighted by Crippen LogP contribution is 2.45. The van der Waals surface area contributed by atoms with Gasteiger partial charge in [0.15, 0.2) is 0 Å². The Balaban J connectivity index is 2.87. The number of carbonyl (C=O) groups is 1. The number of unbranched alkanes of at least 4 members (excludes halogenated alkanes) is 2. The van der Waals surface area contributed by atoms with Gasteiger partial charge in [0.1, 0.15) is 0 Å². The van der Waals surface area contributed by atoms with E-state index in [1.807, 2.05) is 21.6 Å². The maximum atomic E-state index is 12.7. The number of carboxylic acids is 1. The van der Waals surface area contributed by atoms with Gasteiger partial charge in [-0.3, -0.25) is 4.79 Å². The van der Waals surface area contributed by atoms with Crippen LogP contribution in [0.25, 0.3) is 0 Å². The van der Waals surface area contributed by atoms with Gasteiger partial charge in [0, 0.05) is 11.0 Å². The van der Waals surface area contributed by atoms with Gasteiger partial charge in [0.05, 0.1) is 5.41 Å². The van der Waals surface area contributed by atoms with Crippen LogP contribution in [0, 0.1) is 17.3 Å². The summed E-state index contributed by atoms with van der Waals surface area (Å²) in [6.45, 7) is 9.00. The van der Waals surface area contributed by atoms with Crippen molar-refractivity contribution in [2.24, 2.45) is 17.3 Å². The van der Waals surface area contributed by atoms with Gasteiger partial charge < -0.3 is 5.11 Å². The van der Waals surface area contributed by atoms with Crippen molar-refractivity contribution in [2.45, 2.75) is 123 Å². The quantitative estimate of drug-likeness (QED) is 0.234. The van der Waals surface area contributed by atoms with Gasteiger partial charge in [0.25, 0.3) is 0 Å². The van der Waals surface area contributed by atoms with E-state index in [0.29, 0.717) is 11.8 Å². The Morgan fingerprint density at radius 2 is 1.57 bits per heavy atom. The molecule has 0 bridgehead atoms. The second kappa shape index (κ2) is 15.0. The first-order chi connectivity index (χ1) is 13.5. The summed E-state index contributed by atoms with van der Waals surface area (Å²) in [6, 6.07) is 0. The zero-order valence-electron chi connectivity index (χ0n) is 19.0. The number of hydrogen-bond donors (Lipinski definition) is 1. The minimum Gasteiger partial charge on any atom is -0.481 e. The Labute approximate surface area is 183 Å². The molecule has 1 aliphatic heterocycles. The van der Waals surface area contributed by atoms with E-state index in [1.165, 1.54) is 57.1 Å². The van der Waals surface area contributed by atoms with Crippen molar-refractivity contribution >= 4 is 27.6 Å². The minimum absolute atomic E-state index is 0.501. The minimum atomic E-state index is -0.508. The average Bonchev–Trinajstić information content (AvgIpc) is 3.21. The van der Waals surface area contributed by atoms with Crippen LogP contribution in [-0.4, -0.2) is 22.1 Å². The molecule has 0 aromatic heterocycles. The molecule has 4 heteroatoms. The molecule has 0 saturated carbocycles. The third-order valence-electron chi connectivity index (χ3n) is 6.81. The summed E-state index contributed by atoms with van der Waals surface area (Å²) < 4.78 is 0. The first kappa shape index (κ1) is 26.2. The molecule has 1 N–H and O–H groups in total. The van der Waals surface area contributed by atoms with Crippen LogP contribution in [0.2, 0.25) is 0 Å². The fraction of sp³-hybridized carbons (Fsp3) is 0.958. The van der Waals surface area contributed by atoms with Crippen LogP contribution in [0.15, 0.2) is 0 Å². The summed E-state index contributed by atoms with van der Waals surface area (Å²) >= 11 is 0. The largest absolute Gasteiger partial charge is 0.481 e. The summed E-state index contributed by atoms with van der Waals surface area (Å²) in [5, 5.41) is 11.2. The molecular formula is C24H46O2S2. The summed E-state index contributed by atoms with van der Waals surface area (Å²) in [5.74, 6) is 1.89. The van der Waals surface area contributed by atoms with Gasteiger partial charge in [-0.25, -0.2) is 0 Å². The Morgan fingerprint density at radius 3 is 1.96 bits per heavy atom. The van der Waals surface area contributed by atoms with E-state index in [0.717, 1.165) is 43.8 Å². The van der Waals surface area contributed by atoms with Crippen molar-refractivity contribution in [1.82, 2.24) is 0 Å². The molecule has 1 fully saturated rings. The molecule has 166 valence electrons. The Morgan fingerprint density at radius 1 is 1.00 bits per heavy atom. The third kappa shape index (κ3) is 9.32. The molecule has 1 heterocycles. The van der Waals surface area contributed by atoms with E-state index < -0.39 is 11.4 Å². The second-order valence-corrected chi connectivity index (χ2v) is 11.8. The smallest absolute Gasteiger partial charge is 0.309 e. The summed E-state index contributed by atoms with van der Waals surface area (Å²) in [5.41, 5.74) is -0.501. The van der Waals surface area contributed by atoms with Gasteiger partial charge in [-0.2, -0.15) is 0 Å². The molecule has 28 heavy (non-hydrogen) atoms. The van der Waals surface area contributed by atoms with E-state index in [-0.39, 0.29) is 0 Å². The third-order valence-corrected chi connectivity index (χ3v) is 9.81. The molecule has 3 unspecified atom stereocenters. The predicted molar refractivity (Wildman–Crippen MR) is 128 cm³/mol. The average molecular weight is 431 g/mol. The lowest BCUT2D eigenvalue weighted by molar-refractivity contribution is -0.152. The monoisotopic (exact) mass is 430 g/mol. The van der Waals surface area contributed by atoms with E-state index in [4.69, 9.17) is 0 Å². The van der Waals surface area contributed by atoms with Gasteiger partial charge in [0.2, 0.25) is 0 Å². The molecule has 0 aliphatic carbocycles. The van der Waals surface area contributed by atoms with E-state index >= 15 is 0 Å². The molecule has 0 amide bonds. The molecule has 0 spiro atoms. The van der Waals surface area contributed by atoms with Gasteiger partial charge in [-0.1, -0.05) is 107 Å². The molecular weight excluding hydrogens is 384 g/mol. The first-order valence-electron chi connectivity index (χ1n) is 12.0. The van der Waals surface area contributed by atoms with Gasteiger partial charge in [-0.15, -0.1) is 0 Å². The van der Waals surface area contributed by atoms with Crippen molar-refractivity contribution in [3.05, 3.63) is 0 Å². The lowest BCUT2D eigenvalue weighted by Crippen LogP contribution is -2.36. The van der Waals surface area contributed by atoms with Crippen LogP contribution in [0.1, 0.15) is 118 Å². The van der Waals surface area contributed by atoms with Crippen LogP contribution in [-0.2, 0) is 4.79 Å². The lowest BCUT2D eigenvalue weighted by atomic mass is 9.67. The number of hydrogen-bond acceptors (Lipinski definition) is 3. The molecule has 2 nitrogen and oxygen atoms in total. The van der Waals surface area contributed by atoms with E-state index in [9.17, 15) is 9.90 Å². The van der Waals surface area contributed by atoms with Crippen LogP contribution in [0.4, 0.5) is 0 Å². The highest BCUT2D eigenvalue weighted by Gasteiger charge is 2.41. The summed E-state index contributed by atoms with van der Waals surface area (Å²) in [4.78, 5) is 12.7. The van der Waals surface area contributed by atoms with Crippen molar-refractivity contribution in [1.29, 1.82) is 0 Å². The maximum Gasteiger partial charge on any atom is 0.309 e. The van der Waals surface area contributed by atoms with Gasteiger partial charge >= 0.3 is 5.97 Å². The molecule has 0 radical (unpaired) electrons. The topological polar surface area (TPSA) is 37.3 Å². The number of rotatable bonds is 17. The highest BCUT2D eigenvalue weighted by atomic mass is 33.1. The standard InChI is InChI=1S/C24H46O2S2/c1-5-9-12-20(7-3)18-24(23(25)26,19-21(8-4)13-10-6-2)16-11-14-22-15-17-27-28-22/h20-22H,5-19H2,1-4H3,(H,25,26). The number of carboxylic acid groups (broad SMARTS) is 1. The highest BCUT2D eigenvalue weighted by molar-refractivity contribution is 8.77. The fourth-order valence-corrected chi connectivity index (χ4v) is 7.82. The van der Waals surface area contributed by atoms with E-state index in [2.05, 4.69) is 27.7 Å². The van der Waals surface area contributed by atoms with E-state index in [1.54, 1.807) is 0 Å². The lowest BCUT2D eigenvalue weighted by Gasteiger charge is -2.36. The normalized spacial score (nSPS) is 21.4. The van der Waals surface area contributed by atoms with Crippen molar-refractivity contribution in [2.75, 3.05) is 5.75 Å². The fourth-order valence-electron chi connectivity index (χ4n) is 4.79. The van der Waals surface area contributed by atoms with Crippen molar-refractivity contribution in [3.8, 4) is 0 Å². The molecule has 1 saturated heterocycles. The number of aliphatic carboxylic acids is 1. The molecule has 0 aromatic rings. The summed E-state index contributed by atoms with van der Waals surface area (Å²) in [6.07, 6.45) is 15.8. The Kier molecular flexibility index (Phi) is 14.1. The zero-order chi connectivity index (χ0) is 20.8. The maximum absolute atomic E-state index is 12.7. The SMILES string of the molecule is CCCCC(CC)CC(CCCC1CCSS1)(CC(CC)CCCC)C(=O)O. The van der Waals surface area contributed by atoms with Gasteiger partial charge in [-0.05, 0) is 43.9 Å². The molecule has 1 rings (SSSR count). The van der Waals surface area contributed by atoms with Crippen molar-refractivity contribution in [3.63, 3.8) is 0 Å². The second-order valence-electron chi connectivity index (χ2n) is 9.05. The van der Waals surface area contributed by atoms with Crippen LogP contribution in [0.3, 0.4) is 0 Å². The Bertz CT molecular complexity index is 389. The molecule has 1 aliphatic rings. The van der Waals surface area contributed by atoms with Crippen LogP contribution in [0.5, 0.6) is 0 Å². The molecule has 0 aromatic carbocycles. The summed E-state index contributed by atoms with van der Waals surface area (Å²) in [7, 11) is 4.02. The zero-order valence-corrected chi connectivity index (χ0v) is 20.6. The Hall–Kier alpha value is 0.170. The van der Waals surface area contributed by atoms with Crippen molar-refractivity contribution < 1.29 is 9.90 Å².